The van der Waals surface area contributed by atoms with Crippen LogP contribution < -0.4 is 42.4 Å². The predicted molar refractivity (Wildman–Crippen MR) is 296 cm³/mol. The van der Waals surface area contributed by atoms with Crippen LogP contribution in [0.1, 0.15) is 91.7 Å². The fourth-order valence-electron chi connectivity index (χ4n) is 9.81. The number of benzene rings is 3. The maximum absolute atomic E-state index is 14.7. The van der Waals surface area contributed by atoms with Crippen LogP contribution in [-0.4, -0.2) is 116 Å². The highest BCUT2D eigenvalue weighted by molar-refractivity contribution is 6.00. The average Bonchev–Trinajstić information content (AvgIpc) is 4.25. The lowest BCUT2D eigenvalue weighted by Gasteiger charge is -2.42. The molecule has 9 atom stereocenters. The standard InChI is InChI=1S/C58H77N7O14/c1-32(2)50(59)43(66)28-39(14-12-24-61-54(60)70)52(68)62-40-20-16-36(17-21-40)31-76-55(71)63-41-22-18-38(19-23-41)49-42-26-37(27-44(49)74-9)25-34(5)13-11-15-46(75-10)58(73)30-45(77-56(72)64-58)35(6)51-57(7,79-51)47(29-48(67)65(42)8)78-53(69)33(3)4/h11,13,15-23,26-27,32-33,35,39,45-47,50-51,73H,12,14,24-25,28-31,59H2,1-10H3,(H,62,68)(H,63,71)(H,64,72)(H3,60,61,70)/b15-11+,34-13+/t35-,39-,45+,46-,47+,50+,51+,57+,58+/m1/s1. The molecule has 0 aromatic heterocycles. The van der Waals surface area contributed by atoms with Crippen molar-refractivity contribution in [1.29, 1.82) is 0 Å². The molecule has 2 fully saturated rings. The largest absolute Gasteiger partial charge is 0.496 e. The topological polar surface area (TPSA) is 302 Å². The lowest BCUT2D eigenvalue weighted by Crippen LogP contribution is -2.63. The number of ether oxygens (including phenoxy) is 6. The molecule has 0 saturated carbocycles. The quantitative estimate of drug-likeness (QED) is 0.0291. The van der Waals surface area contributed by atoms with E-state index < -0.39 is 89.6 Å². The number of fused-ring (bicyclic) bond motifs is 5. The summed E-state index contributed by atoms with van der Waals surface area (Å²) in [6.07, 6.45) is 0.908. The lowest BCUT2D eigenvalue weighted by atomic mass is 9.83. The summed E-state index contributed by atoms with van der Waals surface area (Å²) in [7, 11) is 4.59. The van der Waals surface area contributed by atoms with E-state index in [1.54, 1.807) is 88.5 Å². The number of epoxide rings is 1. The van der Waals surface area contributed by atoms with Crippen LogP contribution in [0.4, 0.5) is 31.4 Å². The normalized spacial score (nSPS) is 25.0. The van der Waals surface area contributed by atoms with Gasteiger partial charge in [-0.1, -0.05) is 82.7 Å². The van der Waals surface area contributed by atoms with Crippen molar-refractivity contribution in [2.45, 2.75) is 135 Å². The molecule has 4 bridgehead atoms. The minimum Gasteiger partial charge on any atom is -0.496 e. The van der Waals surface area contributed by atoms with Crippen LogP contribution in [-0.2, 0) is 55.9 Å². The third-order valence-corrected chi connectivity index (χ3v) is 14.7. The van der Waals surface area contributed by atoms with Crippen molar-refractivity contribution in [2.24, 2.45) is 35.1 Å². The number of carbonyl (C=O) groups is 7. The number of primary amides is 1. The first-order valence-electron chi connectivity index (χ1n) is 26.6. The summed E-state index contributed by atoms with van der Waals surface area (Å²) in [5.41, 5.74) is 13.1. The number of ketones is 1. The van der Waals surface area contributed by atoms with Gasteiger partial charge in [-0.15, -0.1) is 0 Å². The summed E-state index contributed by atoms with van der Waals surface area (Å²) < 4.78 is 35.4. The number of nitrogens with two attached hydrogens (primary N) is 2. The van der Waals surface area contributed by atoms with Crippen LogP contribution in [0.3, 0.4) is 0 Å². The van der Waals surface area contributed by atoms with Crippen LogP contribution >= 0.6 is 0 Å². The zero-order valence-corrected chi connectivity index (χ0v) is 46.7. The number of urea groups is 1. The number of anilines is 3. The molecule has 6 amide bonds. The molecule has 3 aromatic rings. The van der Waals surface area contributed by atoms with Crippen molar-refractivity contribution in [3.8, 4) is 16.9 Å². The predicted octanol–water partition coefficient (Wildman–Crippen LogP) is 7.03. The molecule has 21 nitrogen and oxygen atoms in total. The first kappa shape index (κ1) is 60.9. The van der Waals surface area contributed by atoms with Crippen molar-refractivity contribution >= 4 is 58.8 Å². The molecule has 79 heavy (non-hydrogen) atoms. The Labute approximate surface area is 461 Å². The maximum atomic E-state index is 14.7. The van der Waals surface area contributed by atoms with Gasteiger partial charge >= 0.3 is 24.2 Å². The number of allylic oxidation sites excluding steroid dienone is 3. The van der Waals surface area contributed by atoms with E-state index >= 15 is 0 Å². The van der Waals surface area contributed by atoms with Crippen LogP contribution in [0.15, 0.2) is 84.5 Å². The van der Waals surface area contributed by atoms with Crippen molar-refractivity contribution in [1.82, 2.24) is 10.6 Å². The second kappa shape index (κ2) is 26.5. The van der Waals surface area contributed by atoms with Crippen LogP contribution in [0.5, 0.6) is 5.75 Å². The van der Waals surface area contributed by atoms with Gasteiger partial charge in [0.2, 0.25) is 11.8 Å². The molecule has 0 spiro atoms. The van der Waals surface area contributed by atoms with Crippen molar-refractivity contribution in [3.63, 3.8) is 0 Å². The number of hydrogen-bond donors (Lipinski definition) is 7. The Kier molecular flexibility index (Phi) is 20.5. The van der Waals surface area contributed by atoms with E-state index in [2.05, 4.69) is 21.3 Å². The first-order valence-corrected chi connectivity index (χ1v) is 26.6. The molecule has 3 heterocycles. The average molecular weight is 1100 g/mol. The second-order valence-electron chi connectivity index (χ2n) is 21.5. The minimum absolute atomic E-state index is 0.0531. The van der Waals surface area contributed by atoms with Gasteiger partial charge in [-0.05, 0) is 92.1 Å². The number of Topliss-reactive ketones (excluding diaryl/α,β-unsaturated/α-hetero) is 1. The number of esters is 1. The Morgan fingerprint density at radius 3 is 2.28 bits per heavy atom. The fraction of sp³-hybridized carbons (Fsp3) is 0.500. The molecule has 6 rings (SSSR count). The van der Waals surface area contributed by atoms with E-state index in [0.717, 1.165) is 11.1 Å². The Bertz CT molecular complexity index is 2770. The van der Waals surface area contributed by atoms with Gasteiger partial charge in [0, 0.05) is 62.3 Å². The number of amides is 6. The number of rotatable bonds is 18. The maximum Gasteiger partial charge on any atom is 0.411 e. The van der Waals surface area contributed by atoms with Gasteiger partial charge in [-0.25, -0.2) is 14.4 Å². The molecule has 3 aromatic carbocycles. The molecule has 0 aliphatic carbocycles. The summed E-state index contributed by atoms with van der Waals surface area (Å²) in [6.45, 7) is 12.7. The SMILES string of the molecule is COc1cc2cc(c1-c1ccc(NC(=O)OCc3ccc(NC(=O)[C@H](CCCNC(N)=O)CC(=O)[C@@H](N)C(C)C)cc3)cc1)N(C)C(=O)C[C@H](OC(=O)C(C)C)[C@]1(C)O[C@H]1[C@H](C)[C@@H]1C[C@@](O)(NC(=O)O1)[C@H](OC)/C=C/C=C(\C)C2. The Balaban J connectivity index is 1.20. The highest BCUT2D eigenvalue weighted by Gasteiger charge is 2.64. The Morgan fingerprint density at radius 1 is 0.975 bits per heavy atom. The van der Waals surface area contributed by atoms with E-state index in [-0.39, 0.29) is 50.0 Å². The number of carbonyl (C=O) groups excluding carboxylic acids is 7. The van der Waals surface area contributed by atoms with E-state index in [1.807, 2.05) is 45.9 Å². The highest BCUT2D eigenvalue weighted by Crippen LogP contribution is 2.49. The molecule has 0 radical (unpaired) electrons. The summed E-state index contributed by atoms with van der Waals surface area (Å²) in [5, 5.41) is 22.5. The minimum atomic E-state index is -1.84. The molecular weight excluding hydrogens is 1020 g/mol. The zero-order chi connectivity index (χ0) is 57.9. The number of nitrogens with zero attached hydrogens (tertiary/aromatic N) is 1. The third-order valence-electron chi connectivity index (χ3n) is 14.7. The van der Waals surface area contributed by atoms with Crippen LogP contribution in [0.25, 0.3) is 11.1 Å². The fourth-order valence-corrected chi connectivity index (χ4v) is 9.81. The molecule has 9 N–H and O–H groups in total. The molecule has 3 aliphatic rings. The summed E-state index contributed by atoms with van der Waals surface area (Å²) in [6, 6.07) is 16.0. The smallest absolute Gasteiger partial charge is 0.411 e. The van der Waals surface area contributed by atoms with E-state index in [1.165, 1.54) is 19.1 Å². The molecule has 3 aliphatic heterocycles. The summed E-state index contributed by atoms with van der Waals surface area (Å²) in [5.74, 6) is -2.95. The van der Waals surface area contributed by atoms with Crippen molar-refractivity contribution in [3.05, 3.63) is 95.6 Å². The third kappa shape index (κ3) is 15.7. The zero-order valence-electron chi connectivity index (χ0n) is 46.7. The van der Waals surface area contributed by atoms with Gasteiger partial charge in [-0.2, -0.15) is 0 Å². The molecular formula is C58H77N7O14. The number of methoxy groups -OCH3 is 2. The Morgan fingerprint density at radius 2 is 1.65 bits per heavy atom. The lowest BCUT2D eigenvalue weighted by molar-refractivity contribution is -0.157. The Hall–Kier alpha value is -7.33. The van der Waals surface area contributed by atoms with E-state index in [0.29, 0.717) is 58.8 Å². The van der Waals surface area contributed by atoms with Gasteiger partial charge in [0.15, 0.2) is 11.5 Å². The summed E-state index contributed by atoms with van der Waals surface area (Å²) >= 11 is 0. The van der Waals surface area contributed by atoms with Gasteiger partial charge in [-0.3, -0.25) is 29.8 Å². The number of alkyl carbamates (subject to hydrolysis) is 1. The van der Waals surface area contributed by atoms with Crippen molar-refractivity contribution in [2.75, 3.05) is 43.3 Å². The molecule has 428 valence electrons. The molecule has 2 saturated heterocycles. The van der Waals surface area contributed by atoms with E-state index in [4.69, 9.17) is 39.9 Å². The molecule has 0 unspecified atom stereocenters. The van der Waals surface area contributed by atoms with Crippen LogP contribution in [0, 0.1) is 23.7 Å². The molecule has 21 heteroatoms. The highest BCUT2D eigenvalue weighted by atomic mass is 16.7. The van der Waals surface area contributed by atoms with E-state index in [9.17, 15) is 38.7 Å². The van der Waals surface area contributed by atoms with Crippen LogP contribution in [0.2, 0.25) is 0 Å². The summed E-state index contributed by atoms with van der Waals surface area (Å²) in [4.78, 5) is 93.0. The van der Waals surface area contributed by atoms with Gasteiger partial charge < -0.3 is 60.5 Å². The monoisotopic (exact) mass is 1100 g/mol. The number of aliphatic hydroxyl groups is 1. The second-order valence-corrected chi connectivity index (χ2v) is 21.5. The number of hydrogen-bond acceptors (Lipinski definition) is 15. The van der Waals surface area contributed by atoms with Gasteiger partial charge in [0.1, 0.15) is 36.3 Å². The van der Waals surface area contributed by atoms with Gasteiger partial charge in [0.25, 0.3) is 0 Å². The van der Waals surface area contributed by atoms with Crippen molar-refractivity contribution < 1.29 is 67.1 Å². The van der Waals surface area contributed by atoms with Gasteiger partial charge in [0.05, 0.1) is 37.3 Å². The first-order chi connectivity index (χ1) is 37.4. The number of nitrogens with one attached hydrogen (secondary N) is 4.